The molecule has 0 aromatic carbocycles. The van der Waals surface area contributed by atoms with E-state index in [1.165, 1.54) is 0 Å². The number of carboxylic acids is 1. The molecule has 0 aliphatic heterocycles. The largest absolute Gasteiger partial charge is 0.478 e. The summed E-state index contributed by atoms with van der Waals surface area (Å²) in [5.74, 6) is -1.44. The van der Waals surface area contributed by atoms with Crippen molar-refractivity contribution < 1.29 is 24.4 Å². The van der Waals surface area contributed by atoms with Crippen molar-refractivity contribution in [2.75, 3.05) is 18.5 Å². The second-order valence-corrected chi connectivity index (χ2v) is 3.25. The summed E-state index contributed by atoms with van der Waals surface area (Å²) < 4.78 is 4.41. The molecule has 0 radical (unpaired) electrons. The molecule has 0 saturated carbocycles. The molecule has 1 amide bonds. The summed E-state index contributed by atoms with van der Waals surface area (Å²) in [6, 6.07) is 0.882. The molecule has 19 heavy (non-hydrogen) atoms. The van der Waals surface area contributed by atoms with E-state index in [0.29, 0.717) is 0 Å². The highest BCUT2D eigenvalue weighted by Crippen LogP contribution is 2.22. The van der Waals surface area contributed by atoms with Crippen LogP contribution in [0.5, 0.6) is 0 Å². The standard InChI is InChI=1S/C9H10N4O6/c10-9(16)19-2-1-11-7-6(13(17)18)3-5(4-12-7)8(14)15/h3-4H,1-2H2,(H2,10,16)(H,11,12)(H,14,15). The number of nitro groups is 1. The highest BCUT2D eigenvalue weighted by atomic mass is 16.6. The number of hydrogen-bond acceptors (Lipinski definition) is 7. The Morgan fingerprint density at radius 3 is 2.79 bits per heavy atom. The van der Waals surface area contributed by atoms with Crippen molar-refractivity contribution in [1.82, 2.24) is 4.98 Å². The van der Waals surface area contributed by atoms with Crippen LogP contribution in [0.1, 0.15) is 10.4 Å². The zero-order valence-electron chi connectivity index (χ0n) is 9.53. The number of hydrogen-bond donors (Lipinski definition) is 3. The summed E-state index contributed by atoms with van der Waals surface area (Å²) in [5.41, 5.74) is 3.94. The predicted molar refractivity (Wildman–Crippen MR) is 61.9 cm³/mol. The minimum absolute atomic E-state index is 0.0448. The van der Waals surface area contributed by atoms with Gasteiger partial charge in [-0.3, -0.25) is 10.1 Å². The topological polar surface area (TPSA) is 158 Å². The van der Waals surface area contributed by atoms with E-state index >= 15 is 0 Å². The van der Waals surface area contributed by atoms with Gasteiger partial charge in [0.15, 0.2) is 0 Å². The number of nitrogens with one attached hydrogen (secondary N) is 1. The van der Waals surface area contributed by atoms with E-state index in [9.17, 15) is 19.7 Å². The number of amides is 1. The van der Waals surface area contributed by atoms with Crippen LogP contribution in [-0.2, 0) is 4.74 Å². The molecule has 0 aliphatic rings. The van der Waals surface area contributed by atoms with Gasteiger partial charge in [0.1, 0.15) is 6.61 Å². The van der Waals surface area contributed by atoms with Crippen molar-refractivity contribution in [3.8, 4) is 0 Å². The van der Waals surface area contributed by atoms with E-state index in [-0.39, 0.29) is 24.5 Å². The molecule has 0 aliphatic carbocycles. The first-order valence-electron chi connectivity index (χ1n) is 4.95. The molecule has 0 bridgehead atoms. The number of pyridine rings is 1. The number of carboxylic acid groups (broad SMARTS) is 1. The van der Waals surface area contributed by atoms with E-state index in [4.69, 9.17) is 10.8 Å². The molecule has 10 nitrogen and oxygen atoms in total. The Morgan fingerprint density at radius 2 is 2.26 bits per heavy atom. The quantitative estimate of drug-likeness (QED) is 0.375. The Morgan fingerprint density at radius 1 is 1.58 bits per heavy atom. The second kappa shape index (κ2) is 6.14. The summed E-state index contributed by atoms with van der Waals surface area (Å²) in [4.78, 5) is 34.6. The second-order valence-electron chi connectivity index (χ2n) is 3.25. The minimum Gasteiger partial charge on any atom is -0.478 e. The molecule has 0 unspecified atom stereocenters. The van der Waals surface area contributed by atoms with Crippen molar-refractivity contribution in [2.24, 2.45) is 5.73 Å². The fourth-order valence-corrected chi connectivity index (χ4v) is 1.17. The summed E-state index contributed by atoms with van der Waals surface area (Å²) >= 11 is 0. The molecule has 10 heteroatoms. The van der Waals surface area contributed by atoms with Crippen LogP contribution in [0, 0.1) is 10.1 Å². The van der Waals surface area contributed by atoms with Crippen molar-refractivity contribution in [3.05, 3.63) is 27.9 Å². The summed E-state index contributed by atoms with van der Waals surface area (Å²) in [6.07, 6.45) is 0.0116. The lowest BCUT2D eigenvalue weighted by atomic mass is 10.2. The van der Waals surface area contributed by atoms with Crippen LogP contribution in [0.2, 0.25) is 0 Å². The predicted octanol–water partition coefficient (Wildman–Crippen LogP) is 0.195. The lowest BCUT2D eigenvalue weighted by molar-refractivity contribution is -0.384. The lowest BCUT2D eigenvalue weighted by Crippen LogP contribution is -2.19. The number of ether oxygens (including phenoxy) is 1. The number of carbonyl (C=O) groups excluding carboxylic acids is 1. The van der Waals surface area contributed by atoms with E-state index < -0.39 is 22.7 Å². The average Bonchev–Trinajstić information content (AvgIpc) is 2.34. The summed E-state index contributed by atoms with van der Waals surface area (Å²) in [6.45, 7) is -0.0575. The van der Waals surface area contributed by atoms with E-state index in [1.807, 2.05) is 0 Å². The highest BCUT2D eigenvalue weighted by molar-refractivity contribution is 5.88. The molecule has 0 atom stereocenters. The fraction of sp³-hybridized carbons (Fsp3) is 0.222. The first-order chi connectivity index (χ1) is 8.91. The van der Waals surface area contributed by atoms with Crippen LogP contribution in [-0.4, -0.2) is 40.2 Å². The summed E-state index contributed by atoms with van der Waals surface area (Å²) in [5, 5.41) is 22.0. The van der Waals surface area contributed by atoms with Gasteiger partial charge in [-0.25, -0.2) is 14.6 Å². The van der Waals surface area contributed by atoms with Gasteiger partial charge in [0.05, 0.1) is 17.0 Å². The van der Waals surface area contributed by atoms with E-state index in [1.54, 1.807) is 0 Å². The average molecular weight is 270 g/mol. The van der Waals surface area contributed by atoms with Gasteiger partial charge in [-0.1, -0.05) is 0 Å². The molecule has 0 fully saturated rings. The van der Waals surface area contributed by atoms with Crippen LogP contribution in [0.15, 0.2) is 12.3 Å². The monoisotopic (exact) mass is 270 g/mol. The van der Waals surface area contributed by atoms with Crippen LogP contribution >= 0.6 is 0 Å². The molecule has 4 N–H and O–H groups in total. The molecular formula is C9H10N4O6. The SMILES string of the molecule is NC(=O)OCCNc1ncc(C(=O)O)cc1[N+](=O)[O-]. The Bertz CT molecular complexity index is 517. The van der Waals surface area contributed by atoms with Crippen molar-refractivity contribution in [2.45, 2.75) is 0 Å². The van der Waals surface area contributed by atoms with Crippen LogP contribution in [0.4, 0.5) is 16.3 Å². The molecule has 0 spiro atoms. The number of carbonyl (C=O) groups is 2. The van der Waals surface area contributed by atoms with Gasteiger partial charge < -0.3 is 20.9 Å². The van der Waals surface area contributed by atoms with Gasteiger partial charge in [0.2, 0.25) is 5.82 Å². The normalized spacial score (nSPS) is 9.68. The number of aromatic carboxylic acids is 1. The zero-order valence-corrected chi connectivity index (χ0v) is 9.53. The smallest absolute Gasteiger partial charge is 0.404 e. The maximum absolute atomic E-state index is 10.8. The fourth-order valence-electron chi connectivity index (χ4n) is 1.17. The van der Waals surface area contributed by atoms with Gasteiger partial charge in [-0.15, -0.1) is 0 Å². The number of aromatic nitrogens is 1. The molecular weight excluding hydrogens is 260 g/mol. The summed E-state index contributed by atoms with van der Waals surface area (Å²) in [7, 11) is 0. The number of nitrogens with zero attached hydrogens (tertiary/aromatic N) is 2. The van der Waals surface area contributed by atoms with Gasteiger partial charge in [-0.05, 0) is 0 Å². The first kappa shape index (κ1) is 14.2. The van der Waals surface area contributed by atoms with Gasteiger partial charge >= 0.3 is 17.7 Å². The molecule has 1 aromatic heterocycles. The van der Waals surface area contributed by atoms with Crippen molar-refractivity contribution >= 4 is 23.6 Å². The van der Waals surface area contributed by atoms with Crippen LogP contribution < -0.4 is 11.1 Å². The maximum Gasteiger partial charge on any atom is 0.404 e. The van der Waals surface area contributed by atoms with E-state index in [0.717, 1.165) is 12.3 Å². The number of anilines is 1. The molecule has 1 rings (SSSR count). The highest BCUT2D eigenvalue weighted by Gasteiger charge is 2.18. The Kier molecular flexibility index (Phi) is 4.57. The third-order valence-electron chi connectivity index (χ3n) is 1.95. The Balaban J connectivity index is 2.79. The zero-order chi connectivity index (χ0) is 14.4. The van der Waals surface area contributed by atoms with Crippen molar-refractivity contribution in [1.29, 1.82) is 0 Å². The lowest BCUT2D eigenvalue weighted by Gasteiger charge is -2.06. The minimum atomic E-state index is -1.32. The third-order valence-corrected chi connectivity index (χ3v) is 1.95. The number of primary amides is 1. The molecule has 102 valence electrons. The van der Waals surface area contributed by atoms with Gasteiger partial charge in [-0.2, -0.15) is 0 Å². The third kappa shape index (κ3) is 4.11. The van der Waals surface area contributed by atoms with Crippen LogP contribution in [0.25, 0.3) is 0 Å². The first-order valence-corrected chi connectivity index (χ1v) is 4.95. The number of rotatable bonds is 6. The van der Waals surface area contributed by atoms with E-state index in [2.05, 4.69) is 15.0 Å². The van der Waals surface area contributed by atoms with Crippen molar-refractivity contribution in [3.63, 3.8) is 0 Å². The Hall–Kier alpha value is -2.91. The Labute approximate surface area is 106 Å². The maximum atomic E-state index is 10.8. The molecule has 1 aromatic rings. The molecule has 0 saturated heterocycles. The van der Waals surface area contributed by atoms with Crippen LogP contribution in [0.3, 0.4) is 0 Å². The van der Waals surface area contributed by atoms with Gasteiger partial charge in [0.25, 0.3) is 0 Å². The van der Waals surface area contributed by atoms with Gasteiger partial charge in [0, 0.05) is 12.3 Å². The molecule has 1 heterocycles. The number of nitrogens with two attached hydrogens (primary N) is 1.